The third-order valence-corrected chi connectivity index (χ3v) is 2.93. The van der Waals surface area contributed by atoms with E-state index in [1.54, 1.807) is 12.1 Å². The normalized spacial score (nSPS) is 18.1. The minimum absolute atomic E-state index is 0.101. The highest BCUT2D eigenvalue weighted by Gasteiger charge is 2.23. The molecule has 0 saturated carbocycles. The summed E-state index contributed by atoms with van der Waals surface area (Å²) in [4.78, 5) is 26.8. The topological polar surface area (TPSA) is 55.7 Å². The largest absolute Gasteiger partial charge is 0.465 e. The van der Waals surface area contributed by atoms with Crippen LogP contribution < -0.4 is 0 Å². The van der Waals surface area contributed by atoms with Crippen LogP contribution >= 0.6 is 15.9 Å². The summed E-state index contributed by atoms with van der Waals surface area (Å²) in [5, 5.41) is 0. The summed E-state index contributed by atoms with van der Waals surface area (Å²) < 4.78 is 4.59. The van der Waals surface area contributed by atoms with E-state index in [1.165, 1.54) is 19.4 Å². The van der Waals surface area contributed by atoms with E-state index in [0.717, 1.165) is 0 Å². The Balaban J connectivity index is 2.50. The van der Waals surface area contributed by atoms with E-state index in [1.807, 2.05) is 0 Å². The maximum Gasteiger partial charge on any atom is 0.337 e. The molecule has 1 aromatic rings. The second kappa shape index (κ2) is 4.17. The van der Waals surface area contributed by atoms with Crippen molar-refractivity contribution < 1.29 is 14.3 Å². The Morgan fingerprint density at radius 3 is 2.94 bits per heavy atom. The van der Waals surface area contributed by atoms with E-state index >= 15 is 0 Å². The van der Waals surface area contributed by atoms with Gasteiger partial charge in [-0.15, -0.1) is 0 Å². The summed E-state index contributed by atoms with van der Waals surface area (Å²) in [5.41, 5.74) is 1.37. The monoisotopic (exact) mass is 281 g/mol. The van der Waals surface area contributed by atoms with Crippen LogP contribution in [-0.4, -0.2) is 29.9 Å². The van der Waals surface area contributed by atoms with E-state index < -0.39 is 10.8 Å². The zero-order chi connectivity index (χ0) is 11.7. The summed E-state index contributed by atoms with van der Waals surface area (Å²) in [6.07, 6.45) is 1.53. The van der Waals surface area contributed by atoms with Gasteiger partial charge in [0, 0.05) is 11.8 Å². The number of rotatable bonds is 1. The van der Waals surface area contributed by atoms with Crippen molar-refractivity contribution >= 4 is 39.6 Å². The van der Waals surface area contributed by atoms with E-state index in [9.17, 15) is 9.59 Å². The molecule has 1 aromatic carbocycles. The van der Waals surface area contributed by atoms with Gasteiger partial charge < -0.3 is 4.74 Å². The lowest BCUT2D eigenvalue weighted by molar-refractivity contribution is 0.0601. The number of ketones is 1. The van der Waals surface area contributed by atoms with Crippen molar-refractivity contribution in [1.82, 2.24) is 0 Å². The molecule has 0 N–H and O–H groups in total. The lowest BCUT2D eigenvalue weighted by Gasteiger charge is -2.13. The van der Waals surface area contributed by atoms with Gasteiger partial charge in [0.2, 0.25) is 0 Å². The number of nitrogens with zero attached hydrogens (tertiary/aromatic N) is 1. The lowest BCUT2D eigenvalue weighted by Crippen LogP contribution is -2.19. The minimum atomic E-state index is -0.462. The van der Waals surface area contributed by atoms with Gasteiger partial charge >= 0.3 is 5.97 Å². The molecular formula is C11H8BrNO3. The van der Waals surface area contributed by atoms with Crippen molar-refractivity contribution in [3.8, 4) is 0 Å². The van der Waals surface area contributed by atoms with Gasteiger partial charge in [0.05, 0.1) is 18.4 Å². The average Bonchev–Trinajstić information content (AvgIpc) is 2.32. The summed E-state index contributed by atoms with van der Waals surface area (Å²) >= 11 is 3.19. The number of alkyl halides is 1. The molecule has 1 aliphatic heterocycles. The molecule has 1 atom stereocenters. The van der Waals surface area contributed by atoms with Gasteiger partial charge in [-0.2, -0.15) is 0 Å². The molecule has 16 heavy (non-hydrogen) atoms. The smallest absolute Gasteiger partial charge is 0.337 e. The number of carbonyl (C=O) groups is 2. The van der Waals surface area contributed by atoms with Crippen molar-refractivity contribution in [3.05, 3.63) is 29.3 Å². The first-order chi connectivity index (χ1) is 7.63. The van der Waals surface area contributed by atoms with Crippen molar-refractivity contribution in [3.63, 3.8) is 0 Å². The SMILES string of the molecule is COC(=O)c1ccc2c(c1)C(=O)C(Br)C=N2. The molecule has 0 radical (unpaired) electrons. The summed E-state index contributed by atoms with van der Waals surface area (Å²) in [5.74, 6) is -0.563. The molecule has 82 valence electrons. The first-order valence-corrected chi connectivity index (χ1v) is 5.50. The van der Waals surface area contributed by atoms with Gasteiger partial charge in [-0.05, 0) is 18.2 Å². The van der Waals surface area contributed by atoms with E-state index in [0.29, 0.717) is 16.8 Å². The Bertz CT molecular complexity index is 496. The molecule has 1 unspecified atom stereocenters. The Morgan fingerprint density at radius 2 is 2.25 bits per heavy atom. The van der Waals surface area contributed by atoms with E-state index in [-0.39, 0.29) is 5.78 Å². The Morgan fingerprint density at radius 1 is 1.50 bits per heavy atom. The van der Waals surface area contributed by atoms with Gasteiger partial charge in [-0.3, -0.25) is 9.79 Å². The first-order valence-electron chi connectivity index (χ1n) is 4.58. The maximum atomic E-state index is 11.8. The van der Waals surface area contributed by atoms with Crippen LogP contribution in [0.25, 0.3) is 0 Å². The molecule has 0 aromatic heterocycles. The summed E-state index contributed by atoms with van der Waals surface area (Å²) in [6.45, 7) is 0. The highest BCUT2D eigenvalue weighted by molar-refractivity contribution is 9.10. The Labute approximate surface area is 100 Å². The molecule has 0 amide bonds. The number of ether oxygens (including phenoxy) is 1. The number of carbonyl (C=O) groups excluding carboxylic acids is 2. The first kappa shape index (κ1) is 11.0. The molecule has 0 bridgehead atoms. The standard InChI is InChI=1S/C11H8BrNO3/c1-16-11(15)6-2-3-9-7(4-6)10(14)8(12)5-13-9/h2-5,8H,1H3. The molecule has 2 rings (SSSR count). The highest BCUT2D eigenvalue weighted by Crippen LogP contribution is 2.27. The van der Waals surface area contributed by atoms with Crippen LogP contribution in [0.2, 0.25) is 0 Å². The molecule has 4 nitrogen and oxygen atoms in total. The summed E-state index contributed by atoms with van der Waals surface area (Å²) in [7, 11) is 1.30. The zero-order valence-corrected chi connectivity index (χ0v) is 10.0. The fraction of sp³-hybridized carbons (Fsp3) is 0.182. The molecule has 0 saturated heterocycles. The van der Waals surface area contributed by atoms with E-state index in [2.05, 4.69) is 25.7 Å². The number of aliphatic imine (C=N–C) groups is 1. The molecule has 1 heterocycles. The number of halogens is 1. The maximum absolute atomic E-state index is 11.8. The van der Waals surface area contributed by atoms with Crippen molar-refractivity contribution in [2.45, 2.75) is 4.83 Å². The van der Waals surface area contributed by atoms with Crippen LogP contribution in [0.15, 0.2) is 23.2 Å². The van der Waals surface area contributed by atoms with Gasteiger partial charge in [-0.25, -0.2) is 4.79 Å². The number of hydrogen-bond acceptors (Lipinski definition) is 4. The quantitative estimate of drug-likeness (QED) is 0.585. The molecule has 5 heteroatoms. The zero-order valence-electron chi connectivity index (χ0n) is 8.44. The second-order valence-corrected chi connectivity index (χ2v) is 4.25. The van der Waals surface area contributed by atoms with Crippen LogP contribution in [0.3, 0.4) is 0 Å². The molecule has 0 fully saturated rings. The van der Waals surface area contributed by atoms with Crippen LogP contribution in [0.4, 0.5) is 5.69 Å². The third kappa shape index (κ3) is 1.78. The summed E-state index contributed by atoms with van der Waals surface area (Å²) in [6, 6.07) is 4.73. The van der Waals surface area contributed by atoms with Crippen LogP contribution in [0.5, 0.6) is 0 Å². The van der Waals surface area contributed by atoms with E-state index in [4.69, 9.17) is 0 Å². The number of fused-ring (bicyclic) bond motifs is 1. The second-order valence-electron chi connectivity index (χ2n) is 3.27. The van der Waals surface area contributed by atoms with Crippen molar-refractivity contribution in [2.75, 3.05) is 7.11 Å². The van der Waals surface area contributed by atoms with Crippen LogP contribution in [0.1, 0.15) is 20.7 Å². The number of esters is 1. The van der Waals surface area contributed by atoms with Crippen molar-refractivity contribution in [2.24, 2.45) is 4.99 Å². The minimum Gasteiger partial charge on any atom is -0.465 e. The third-order valence-electron chi connectivity index (χ3n) is 2.28. The van der Waals surface area contributed by atoms with Gasteiger partial charge in [-0.1, -0.05) is 15.9 Å². The Hall–Kier alpha value is -1.49. The molecule has 0 aliphatic carbocycles. The number of methoxy groups -OCH3 is 1. The average molecular weight is 282 g/mol. The predicted octanol–water partition coefficient (Wildman–Crippen LogP) is 2.14. The predicted molar refractivity (Wildman–Crippen MR) is 63.0 cm³/mol. The van der Waals surface area contributed by atoms with Gasteiger partial charge in [0.15, 0.2) is 5.78 Å². The van der Waals surface area contributed by atoms with Gasteiger partial charge in [0.25, 0.3) is 0 Å². The van der Waals surface area contributed by atoms with Crippen LogP contribution in [-0.2, 0) is 4.74 Å². The number of Topliss-reactive ketones (excluding diaryl/α,β-unsaturated/α-hetero) is 1. The molecular weight excluding hydrogens is 274 g/mol. The lowest BCUT2D eigenvalue weighted by atomic mass is 10.0. The fourth-order valence-electron chi connectivity index (χ4n) is 1.45. The Kier molecular flexibility index (Phi) is 2.87. The molecule has 1 aliphatic rings. The molecule has 0 spiro atoms. The van der Waals surface area contributed by atoms with Crippen molar-refractivity contribution in [1.29, 1.82) is 0 Å². The number of hydrogen-bond donors (Lipinski definition) is 0. The number of benzene rings is 1. The fourth-order valence-corrected chi connectivity index (χ4v) is 1.82. The highest BCUT2D eigenvalue weighted by atomic mass is 79.9. The van der Waals surface area contributed by atoms with Gasteiger partial charge in [0.1, 0.15) is 4.83 Å². The van der Waals surface area contributed by atoms with Crippen LogP contribution in [0, 0.1) is 0 Å².